The van der Waals surface area contributed by atoms with Crippen LogP contribution in [0.4, 0.5) is 9.18 Å². The van der Waals surface area contributed by atoms with Crippen LogP contribution in [0.3, 0.4) is 0 Å². The summed E-state index contributed by atoms with van der Waals surface area (Å²) < 4.78 is 30.5. The molecule has 1 aromatic carbocycles. The molecule has 1 aliphatic carbocycles. The molecule has 10 heteroatoms. The highest BCUT2D eigenvalue weighted by Gasteiger charge is 2.65. The monoisotopic (exact) mass is 489 g/mol. The minimum absolute atomic E-state index is 0.0229. The minimum atomic E-state index is -1.96. The van der Waals surface area contributed by atoms with Gasteiger partial charge in [0, 0.05) is 19.2 Å². The maximum atomic E-state index is 14.2. The Kier molecular flexibility index (Phi) is 7.12. The molecule has 2 N–H and O–H groups in total. The van der Waals surface area contributed by atoms with Crippen LogP contribution in [0.25, 0.3) is 11.1 Å². The van der Waals surface area contributed by atoms with Gasteiger partial charge in [0.15, 0.2) is 11.2 Å². The van der Waals surface area contributed by atoms with Gasteiger partial charge >= 0.3 is 6.09 Å². The zero-order valence-electron chi connectivity index (χ0n) is 20.2. The van der Waals surface area contributed by atoms with Gasteiger partial charge in [0.25, 0.3) is 11.7 Å². The van der Waals surface area contributed by atoms with Crippen molar-refractivity contribution in [3.8, 4) is 0 Å². The van der Waals surface area contributed by atoms with Crippen LogP contribution in [0.2, 0.25) is 0 Å². The van der Waals surface area contributed by atoms with E-state index in [1.807, 2.05) is 0 Å². The topological polar surface area (TPSA) is 125 Å². The summed E-state index contributed by atoms with van der Waals surface area (Å²) in [4.78, 5) is 46.6. The van der Waals surface area contributed by atoms with Crippen molar-refractivity contribution in [2.45, 2.75) is 58.0 Å². The average molecular weight is 490 g/mol. The minimum Gasteiger partial charge on any atom is -0.433 e. The first-order chi connectivity index (χ1) is 16.7. The lowest BCUT2D eigenvalue weighted by Crippen LogP contribution is -2.66. The van der Waals surface area contributed by atoms with Gasteiger partial charge in [-0.2, -0.15) is 0 Å². The van der Waals surface area contributed by atoms with E-state index in [4.69, 9.17) is 19.6 Å². The van der Waals surface area contributed by atoms with Crippen LogP contribution >= 0.6 is 0 Å². The number of nitrogens with two attached hydrogens (primary N) is 1. The van der Waals surface area contributed by atoms with Crippen LogP contribution in [-0.4, -0.2) is 59.6 Å². The number of hydrogen-bond acceptors (Lipinski definition) is 7. The number of aromatic nitrogens is 1. The molecule has 2 fully saturated rings. The second-order valence-corrected chi connectivity index (χ2v) is 9.50. The predicted octanol–water partition coefficient (Wildman–Crippen LogP) is 3.84. The fraction of sp³-hybridized carbons (Fsp3) is 0.600. The van der Waals surface area contributed by atoms with Crippen LogP contribution in [-0.2, 0) is 14.3 Å². The van der Waals surface area contributed by atoms with Crippen molar-refractivity contribution in [2.75, 3.05) is 26.3 Å². The number of benzene rings is 1. The second-order valence-electron chi connectivity index (χ2n) is 9.50. The number of carbonyl (C=O) groups is 3. The maximum Gasteiger partial charge on any atom is 0.405 e. The van der Waals surface area contributed by atoms with Gasteiger partial charge in [-0.1, -0.05) is 26.2 Å². The molecule has 2 aliphatic rings. The number of amides is 2. The Bertz CT molecular complexity index is 1110. The quantitative estimate of drug-likeness (QED) is 0.586. The van der Waals surface area contributed by atoms with Crippen LogP contribution in [0.5, 0.6) is 0 Å². The molecule has 0 bridgehead atoms. The Labute approximate surface area is 203 Å². The molecule has 35 heavy (non-hydrogen) atoms. The summed E-state index contributed by atoms with van der Waals surface area (Å²) in [5.74, 6) is -2.18. The molecule has 2 atom stereocenters. The van der Waals surface area contributed by atoms with Gasteiger partial charge in [-0.25, -0.2) is 14.2 Å². The number of hydrogen-bond donors (Lipinski definition) is 1. The lowest BCUT2D eigenvalue weighted by Gasteiger charge is -2.51. The lowest BCUT2D eigenvalue weighted by molar-refractivity contribution is -0.168. The smallest absolute Gasteiger partial charge is 0.405 e. The Hall–Kier alpha value is -3.01. The van der Waals surface area contributed by atoms with Crippen LogP contribution in [0, 0.1) is 17.2 Å². The van der Waals surface area contributed by atoms with Crippen molar-refractivity contribution in [2.24, 2.45) is 17.1 Å². The summed E-state index contributed by atoms with van der Waals surface area (Å²) in [5.41, 5.74) is 2.47. The molecule has 2 heterocycles. The SMILES string of the molecule is CC[C@@](OC(N)=O)(C(=O)c1nc2ccc(F)cc2o1)C(C)(C(=O)N1CCOCC1)C1CCCCC1. The zero-order chi connectivity index (χ0) is 25.2. The van der Waals surface area contributed by atoms with E-state index in [1.54, 1.807) is 18.7 Å². The number of ether oxygens (including phenoxy) is 2. The largest absolute Gasteiger partial charge is 0.433 e. The van der Waals surface area contributed by atoms with Gasteiger partial charge < -0.3 is 24.5 Å². The maximum absolute atomic E-state index is 14.2. The van der Waals surface area contributed by atoms with Crippen molar-refractivity contribution < 1.29 is 32.7 Å². The van der Waals surface area contributed by atoms with Crippen molar-refractivity contribution >= 4 is 28.9 Å². The highest BCUT2D eigenvalue weighted by molar-refractivity contribution is 6.06. The van der Waals surface area contributed by atoms with Gasteiger partial charge in [0.05, 0.1) is 18.6 Å². The zero-order valence-corrected chi connectivity index (χ0v) is 20.2. The number of oxazole rings is 1. The molecular formula is C25H32FN3O6. The standard InChI is InChI=1S/C25H32FN3O6/c1-3-25(35-23(27)32,20(30)21-28-18-10-9-17(26)15-19(18)34-21)24(2,16-7-5-4-6-8-16)22(31)29-11-13-33-14-12-29/h9-10,15-16H,3-8,11-14H2,1-2H3,(H2,27,32)/t24?,25-/m1/s1. The molecule has 1 aromatic heterocycles. The Balaban J connectivity index is 1.88. The number of rotatable bonds is 7. The highest BCUT2D eigenvalue weighted by atomic mass is 19.1. The van der Waals surface area contributed by atoms with E-state index in [-0.39, 0.29) is 35.2 Å². The van der Waals surface area contributed by atoms with E-state index < -0.39 is 28.7 Å². The first-order valence-corrected chi connectivity index (χ1v) is 12.2. The van der Waals surface area contributed by atoms with E-state index >= 15 is 0 Å². The van der Waals surface area contributed by atoms with Gasteiger partial charge in [0.1, 0.15) is 11.3 Å². The molecule has 2 amide bonds. The number of ketones is 1. The molecule has 1 unspecified atom stereocenters. The van der Waals surface area contributed by atoms with E-state index in [9.17, 15) is 18.8 Å². The summed E-state index contributed by atoms with van der Waals surface area (Å²) in [6, 6.07) is 3.73. The number of carbonyl (C=O) groups excluding carboxylic acids is 3. The third-order valence-electron chi connectivity index (χ3n) is 7.69. The number of Topliss-reactive ketones (excluding diaryl/α,β-unsaturated/α-hetero) is 1. The molecule has 1 saturated heterocycles. The third-order valence-corrected chi connectivity index (χ3v) is 7.69. The third kappa shape index (κ3) is 4.39. The Morgan fingerprint density at radius 3 is 2.51 bits per heavy atom. The summed E-state index contributed by atoms with van der Waals surface area (Å²) in [6.45, 7) is 4.88. The van der Waals surface area contributed by atoms with Crippen molar-refractivity contribution in [1.29, 1.82) is 0 Å². The summed E-state index contributed by atoms with van der Waals surface area (Å²) in [5, 5.41) is 0. The van der Waals surface area contributed by atoms with Crippen molar-refractivity contribution in [3.63, 3.8) is 0 Å². The van der Waals surface area contributed by atoms with E-state index in [2.05, 4.69) is 4.98 Å². The van der Waals surface area contributed by atoms with Crippen LogP contribution in [0.15, 0.2) is 22.6 Å². The van der Waals surface area contributed by atoms with Crippen LogP contribution < -0.4 is 5.73 Å². The van der Waals surface area contributed by atoms with Crippen molar-refractivity contribution in [3.05, 3.63) is 29.9 Å². The molecule has 9 nitrogen and oxygen atoms in total. The molecule has 2 aromatic rings. The first kappa shape index (κ1) is 25.1. The number of fused-ring (bicyclic) bond motifs is 1. The van der Waals surface area contributed by atoms with Gasteiger partial charge in [-0.15, -0.1) is 0 Å². The number of nitrogens with zero attached hydrogens (tertiary/aromatic N) is 2. The molecule has 0 radical (unpaired) electrons. The normalized spacial score (nSPS) is 20.7. The van der Waals surface area contributed by atoms with Gasteiger partial charge in [-0.05, 0) is 44.2 Å². The van der Waals surface area contributed by atoms with E-state index in [1.165, 1.54) is 12.1 Å². The second kappa shape index (κ2) is 9.93. The molecule has 4 rings (SSSR count). The molecular weight excluding hydrogens is 457 g/mol. The summed E-state index contributed by atoms with van der Waals surface area (Å²) in [7, 11) is 0. The Morgan fingerprint density at radius 2 is 1.89 bits per heavy atom. The van der Waals surface area contributed by atoms with Gasteiger partial charge in [-0.3, -0.25) is 9.59 Å². The van der Waals surface area contributed by atoms with Gasteiger partial charge in [0.2, 0.25) is 5.91 Å². The molecule has 1 aliphatic heterocycles. The number of primary amides is 1. The fourth-order valence-electron chi connectivity index (χ4n) is 5.78. The lowest BCUT2D eigenvalue weighted by atomic mass is 9.57. The van der Waals surface area contributed by atoms with Crippen LogP contribution in [0.1, 0.15) is 63.1 Å². The van der Waals surface area contributed by atoms with E-state index in [0.717, 1.165) is 25.3 Å². The van der Waals surface area contributed by atoms with Crippen molar-refractivity contribution in [1.82, 2.24) is 9.88 Å². The molecule has 1 saturated carbocycles. The predicted molar refractivity (Wildman–Crippen MR) is 124 cm³/mol. The Morgan fingerprint density at radius 1 is 1.20 bits per heavy atom. The average Bonchev–Trinajstić information content (AvgIpc) is 3.30. The number of halogens is 1. The summed E-state index contributed by atoms with van der Waals surface area (Å²) >= 11 is 0. The highest BCUT2D eigenvalue weighted by Crippen LogP contribution is 2.51. The molecule has 0 spiro atoms. The first-order valence-electron chi connectivity index (χ1n) is 12.2. The summed E-state index contributed by atoms with van der Waals surface area (Å²) in [6.07, 6.45) is 3.01. The fourth-order valence-corrected chi connectivity index (χ4v) is 5.78. The molecule has 190 valence electrons. The number of morpholine rings is 1. The van der Waals surface area contributed by atoms with E-state index in [0.29, 0.717) is 39.1 Å².